The summed E-state index contributed by atoms with van der Waals surface area (Å²) in [6.07, 6.45) is -5.66. The van der Waals surface area contributed by atoms with Crippen LogP contribution in [0.4, 0.5) is 35.1 Å². The van der Waals surface area contributed by atoms with Gasteiger partial charge in [0.15, 0.2) is 0 Å². The second kappa shape index (κ2) is 21.4. The van der Waals surface area contributed by atoms with Gasteiger partial charge < -0.3 is 20.2 Å². The van der Waals surface area contributed by atoms with E-state index in [-0.39, 0.29) is 51.7 Å². The number of aromatic nitrogens is 4. The normalized spacial score (nSPS) is 10.7. The molecule has 0 amide bonds. The third-order valence-electron chi connectivity index (χ3n) is 7.73. The summed E-state index contributed by atoms with van der Waals surface area (Å²) in [6, 6.07) is 35.3. The van der Waals surface area contributed by atoms with Gasteiger partial charge in [-0.25, -0.2) is 4.98 Å². The zero-order valence-electron chi connectivity index (χ0n) is 30.2. The number of halogens is 8. The van der Waals surface area contributed by atoms with Crippen molar-refractivity contribution in [3.8, 4) is 34.0 Å². The molecule has 59 heavy (non-hydrogen) atoms. The van der Waals surface area contributed by atoms with E-state index in [1.165, 1.54) is 36.4 Å². The Morgan fingerprint density at radius 1 is 0.508 bits per heavy atom. The van der Waals surface area contributed by atoms with Crippen LogP contribution in [0.5, 0.6) is 11.5 Å². The summed E-state index contributed by atoms with van der Waals surface area (Å²) in [4.78, 5) is 15.6. The van der Waals surface area contributed by atoms with E-state index in [4.69, 9.17) is 0 Å². The van der Waals surface area contributed by atoms with Gasteiger partial charge in [0.2, 0.25) is 0 Å². The first-order valence-electron chi connectivity index (χ1n) is 16.6. The maximum atomic E-state index is 12.6. The van der Waals surface area contributed by atoms with Gasteiger partial charge in [-0.1, -0.05) is 60.7 Å². The number of pyridine rings is 4. The first-order chi connectivity index (χ1) is 27.1. The quantitative estimate of drug-likeness (QED) is 0.132. The largest absolute Gasteiger partial charge is 0.506 e. The number of alkyl halides is 6. The van der Waals surface area contributed by atoms with Crippen molar-refractivity contribution < 1.29 is 85.5 Å². The standard InChI is InChI=1S/2C12H6F4N.C10H9NO.C9H7NO.2Ir/c2*13-10-4-1-8(2-5-10)11-6-3-9(7-17-11)12(14,15)16;1-7-5-6-8-3-2-4-9(12)10(8)11-7;11-8-5-1-3-7-4-2-6-10-9(7)8;;/h2*1,3-7H;2-6,12H,1H3;1-6,11H;;/q2*-1;;;;. The van der Waals surface area contributed by atoms with Gasteiger partial charge in [0, 0.05) is 86.9 Å². The molecule has 0 bridgehead atoms. The van der Waals surface area contributed by atoms with Crippen LogP contribution in [0.1, 0.15) is 16.8 Å². The molecular formula is C43H28F8Ir2N4O2-2. The van der Waals surface area contributed by atoms with Crippen molar-refractivity contribution >= 4 is 21.8 Å². The van der Waals surface area contributed by atoms with Crippen molar-refractivity contribution in [3.05, 3.63) is 181 Å². The number of phenolic OH excluding ortho intramolecular Hbond substituents is 2. The summed E-state index contributed by atoms with van der Waals surface area (Å²) in [7, 11) is 0. The van der Waals surface area contributed by atoms with Gasteiger partial charge in [-0.15, -0.1) is 59.7 Å². The molecule has 4 aromatic heterocycles. The molecule has 0 aliphatic carbocycles. The van der Waals surface area contributed by atoms with Crippen LogP contribution in [0, 0.1) is 30.7 Å². The third-order valence-corrected chi connectivity index (χ3v) is 7.73. The Kier molecular flexibility index (Phi) is 17.3. The predicted molar refractivity (Wildman–Crippen MR) is 198 cm³/mol. The van der Waals surface area contributed by atoms with Crippen LogP contribution in [-0.4, -0.2) is 30.1 Å². The Morgan fingerprint density at radius 2 is 0.966 bits per heavy atom. The molecule has 0 saturated carbocycles. The number of aromatic hydroxyl groups is 2. The number of nitrogens with zero attached hydrogens (tertiary/aromatic N) is 4. The Bertz CT molecular complexity index is 2440. The molecular weight excluding hydrogens is 1140 g/mol. The van der Waals surface area contributed by atoms with E-state index in [1.807, 2.05) is 49.4 Å². The molecule has 8 aromatic rings. The summed E-state index contributed by atoms with van der Waals surface area (Å²) in [6.45, 7) is 1.91. The van der Waals surface area contributed by atoms with Gasteiger partial charge in [0.1, 0.15) is 22.5 Å². The predicted octanol–water partition coefficient (Wildman–Crippen LogP) is 11.6. The first kappa shape index (κ1) is 47.7. The fourth-order valence-electron chi connectivity index (χ4n) is 4.89. The molecule has 308 valence electrons. The number of benzene rings is 4. The summed E-state index contributed by atoms with van der Waals surface area (Å²) in [5, 5.41) is 20.7. The van der Waals surface area contributed by atoms with E-state index >= 15 is 0 Å². The molecule has 0 unspecified atom stereocenters. The van der Waals surface area contributed by atoms with Crippen LogP contribution < -0.4 is 0 Å². The maximum Gasteiger partial charge on any atom is 0.417 e. The van der Waals surface area contributed by atoms with Crippen molar-refractivity contribution in [1.82, 2.24) is 19.9 Å². The van der Waals surface area contributed by atoms with Crippen LogP contribution >= 0.6 is 0 Å². The number of rotatable bonds is 2. The molecule has 16 heteroatoms. The summed E-state index contributed by atoms with van der Waals surface area (Å²) >= 11 is 0. The zero-order valence-corrected chi connectivity index (χ0v) is 34.9. The molecule has 2 radical (unpaired) electrons. The molecule has 2 N–H and O–H groups in total. The van der Waals surface area contributed by atoms with Gasteiger partial charge >= 0.3 is 12.4 Å². The number of hydrogen-bond donors (Lipinski definition) is 2. The SMILES string of the molecule is Cc1ccc2cccc(O)c2n1.Fc1c[c-]c(-c2ccc(C(F)(F)F)cn2)cc1.Fc1c[c-]c(-c2ccc(C(F)(F)F)cn2)cc1.Oc1cccc2cccnc12.[Ir].[Ir]. The fourth-order valence-corrected chi connectivity index (χ4v) is 4.89. The molecule has 0 spiro atoms. The van der Waals surface area contributed by atoms with Crippen molar-refractivity contribution in [2.45, 2.75) is 19.3 Å². The van der Waals surface area contributed by atoms with Crippen molar-refractivity contribution in [1.29, 1.82) is 0 Å². The number of phenols is 2. The number of para-hydroxylation sites is 2. The molecule has 6 nitrogen and oxygen atoms in total. The Labute approximate surface area is 359 Å². The maximum absolute atomic E-state index is 12.6. The number of fused-ring (bicyclic) bond motifs is 2. The van der Waals surface area contributed by atoms with Crippen LogP contribution in [0.25, 0.3) is 44.3 Å². The van der Waals surface area contributed by atoms with E-state index in [1.54, 1.807) is 24.4 Å². The molecule has 0 aliphatic heterocycles. The topological polar surface area (TPSA) is 92.0 Å². The molecule has 0 atom stereocenters. The Balaban J connectivity index is 0.000000211. The van der Waals surface area contributed by atoms with Crippen molar-refractivity contribution in [3.63, 3.8) is 0 Å². The van der Waals surface area contributed by atoms with Crippen LogP contribution in [-0.2, 0) is 52.6 Å². The van der Waals surface area contributed by atoms with Gasteiger partial charge in [-0.3, -0.25) is 13.8 Å². The third kappa shape index (κ3) is 13.7. The first-order valence-corrected chi connectivity index (χ1v) is 16.6. The van der Waals surface area contributed by atoms with E-state index in [0.717, 1.165) is 53.1 Å². The summed E-state index contributed by atoms with van der Waals surface area (Å²) < 4.78 is 98.9. The smallest absolute Gasteiger partial charge is 0.417 e. The molecule has 0 saturated heterocycles. The molecule has 4 aromatic carbocycles. The second-order valence-corrected chi connectivity index (χ2v) is 11.9. The van der Waals surface area contributed by atoms with Gasteiger partial charge in [-0.2, -0.15) is 26.3 Å². The van der Waals surface area contributed by atoms with E-state index < -0.39 is 35.1 Å². The second-order valence-electron chi connectivity index (χ2n) is 11.9. The van der Waals surface area contributed by atoms with Gasteiger partial charge in [0.05, 0.1) is 11.1 Å². The van der Waals surface area contributed by atoms with Gasteiger partial charge in [0.25, 0.3) is 0 Å². The average molecular weight is 1170 g/mol. The van der Waals surface area contributed by atoms with Crippen LogP contribution in [0.3, 0.4) is 0 Å². The van der Waals surface area contributed by atoms with E-state index in [2.05, 4.69) is 32.1 Å². The molecule has 0 fully saturated rings. The average Bonchev–Trinajstić information content (AvgIpc) is 3.19. The van der Waals surface area contributed by atoms with E-state index in [0.29, 0.717) is 33.5 Å². The number of aryl methyl sites for hydroxylation is 1. The van der Waals surface area contributed by atoms with Crippen LogP contribution in [0.15, 0.2) is 140 Å². The minimum Gasteiger partial charge on any atom is -0.506 e. The molecule has 8 rings (SSSR count). The number of hydrogen-bond acceptors (Lipinski definition) is 6. The monoisotopic (exact) mass is 1170 g/mol. The van der Waals surface area contributed by atoms with Gasteiger partial charge in [-0.05, 0) is 42.6 Å². The van der Waals surface area contributed by atoms with Crippen LogP contribution in [0.2, 0.25) is 0 Å². The minimum absolute atomic E-state index is 0. The molecule has 4 heterocycles. The molecule has 0 aliphatic rings. The summed E-state index contributed by atoms with van der Waals surface area (Å²) in [5.41, 5.74) is 2.15. The Hall–Kier alpha value is -5.66. The Morgan fingerprint density at radius 3 is 1.37 bits per heavy atom. The minimum atomic E-state index is -4.40. The van der Waals surface area contributed by atoms with Crippen molar-refractivity contribution in [2.24, 2.45) is 0 Å². The zero-order chi connectivity index (χ0) is 41.2. The fraction of sp³-hybridized carbons (Fsp3) is 0.0698. The van der Waals surface area contributed by atoms with E-state index in [9.17, 15) is 45.3 Å². The van der Waals surface area contributed by atoms with Crippen molar-refractivity contribution in [2.75, 3.05) is 0 Å². The summed E-state index contributed by atoms with van der Waals surface area (Å²) in [5.74, 6) is -0.430.